The van der Waals surface area contributed by atoms with E-state index in [1.807, 2.05) is 7.05 Å². The fourth-order valence-corrected chi connectivity index (χ4v) is 2.24. The van der Waals surface area contributed by atoms with Gasteiger partial charge >= 0.3 is 0 Å². The number of hydrogen-bond acceptors (Lipinski definition) is 2. The summed E-state index contributed by atoms with van der Waals surface area (Å²) in [6.45, 7) is 9.76. The number of rotatable bonds is 2. The summed E-state index contributed by atoms with van der Waals surface area (Å²) in [6, 6.07) is 0. The minimum atomic E-state index is 0.0342. The molecule has 1 rings (SSSR count). The molecule has 1 aliphatic heterocycles. The molecule has 0 radical (unpaired) electrons. The Morgan fingerprint density at radius 1 is 1.33 bits per heavy atom. The molecule has 12 heavy (non-hydrogen) atoms. The molecule has 72 valence electrons. The lowest BCUT2D eigenvalue weighted by Crippen LogP contribution is -2.34. The second-order valence-corrected chi connectivity index (χ2v) is 4.92. The van der Waals surface area contributed by atoms with Gasteiger partial charge in [0.2, 0.25) is 0 Å². The van der Waals surface area contributed by atoms with E-state index in [1.54, 1.807) is 0 Å². The van der Waals surface area contributed by atoms with Crippen molar-refractivity contribution in [3.05, 3.63) is 0 Å². The van der Waals surface area contributed by atoms with E-state index in [-0.39, 0.29) is 11.2 Å². The average molecular weight is 171 g/mol. The van der Waals surface area contributed by atoms with E-state index in [9.17, 15) is 0 Å². The molecule has 0 aromatic heterocycles. The monoisotopic (exact) mass is 171 g/mol. The van der Waals surface area contributed by atoms with Crippen LogP contribution in [0, 0.1) is 5.92 Å². The molecule has 0 aromatic carbocycles. The van der Waals surface area contributed by atoms with Crippen molar-refractivity contribution in [1.82, 2.24) is 5.32 Å². The Kier molecular flexibility index (Phi) is 2.50. The minimum Gasteiger partial charge on any atom is -0.369 e. The first-order valence-electron chi connectivity index (χ1n) is 4.72. The van der Waals surface area contributed by atoms with Crippen LogP contribution in [-0.2, 0) is 4.74 Å². The third kappa shape index (κ3) is 1.99. The summed E-state index contributed by atoms with van der Waals surface area (Å²) in [4.78, 5) is 0. The van der Waals surface area contributed by atoms with Gasteiger partial charge in [-0.15, -0.1) is 0 Å². The van der Waals surface area contributed by atoms with Crippen LogP contribution in [0.5, 0.6) is 0 Å². The Bertz CT molecular complexity index is 163. The van der Waals surface area contributed by atoms with Gasteiger partial charge in [-0.05, 0) is 41.2 Å². The maximum Gasteiger partial charge on any atom is 0.0674 e. The molecule has 1 saturated heterocycles. The van der Waals surface area contributed by atoms with Gasteiger partial charge in [0.15, 0.2) is 0 Å². The van der Waals surface area contributed by atoms with Crippen LogP contribution in [0.15, 0.2) is 0 Å². The Labute approximate surface area is 75.7 Å². The van der Waals surface area contributed by atoms with Gasteiger partial charge in [-0.1, -0.05) is 0 Å². The van der Waals surface area contributed by atoms with Gasteiger partial charge in [0.05, 0.1) is 11.2 Å². The van der Waals surface area contributed by atoms with Crippen LogP contribution in [0.2, 0.25) is 0 Å². The predicted octanol–water partition coefficient (Wildman–Crippen LogP) is 1.80. The maximum absolute atomic E-state index is 5.96. The third-order valence-electron chi connectivity index (χ3n) is 2.71. The zero-order valence-corrected chi connectivity index (χ0v) is 8.90. The zero-order valence-electron chi connectivity index (χ0n) is 8.90. The lowest BCUT2D eigenvalue weighted by atomic mass is 9.87. The van der Waals surface area contributed by atoms with E-state index in [4.69, 9.17) is 4.74 Å². The smallest absolute Gasteiger partial charge is 0.0674 e. The molecular weight excluding hydrogens is 150 g/mol. The number of nitrogens with one attached hydrogen (secondary N) is 1. The Balaban J connectivity index is 2.64. The number of hydrogen-bond donors (Lipinski definition) is 1. The lowest BCUT2D eigenvalue weighted by Gasteiger charge is -2.27. The summed E-state index contributed by atoms with van der Waals surface area (Å²) in [5.41, 5.74) is 0.0948. The van der Waals surface area contributed by atoms with E-state index in [0.29, 0.717) is 5.92 Å². The van der Waals surface area contributed by atoms with Gasteiger partial charge in [0.1, 0.15) is 0 Å². The molecule has 1 N–H and O–H groups in total. The van der Waals surface area contributed by atoms with Crippen LogP contribution in [0.3, 0.4) is 0 Å². The second-order valence-electron chi connectivity index (χ2n) is 4.92. The molecule has 1 fully saturated rings. The van der Waals surface area contributed by atoms with Crippen molar-refractivity contribution in [3.8, 4) is 0 Å². The highest BCUT2D eigenvalue weighted by molar-refractivity contribution is 4.94. The summed E-state index contributed by atoms with van der Waals surface area (Å²) in [7, 11) is 2.00. The van der Waals surface area contributed by atoms with Crippen LogP contribution < -0.4 is 5.32 Å². The molecule has 1 heterocycles. The fraction of sp³-hybridized carbons (Fsp3) is 1.00. The molecule has 0 saturated carbocycles. The fourth-order valence-electron chi connectivity index (χ4n) is 2.24. The first-order valence-corrected chi connectivity index (χ1v) is 4.72. The van der Waals surface area contributed by atoms with Gasteiger partial charge < -0.3 is 10.1 Å². The molecule has 0 aromatic rings. The highest BCUT2D eigenvalue weighted by atomic mass is 16.5. The van der Waals surface area contributed by atoms with E-state index >= 15 is 0 Å². The topological polar surface area (TPSA) is 21.3 Å². The highest BCUT2D eigenvalue weighted by Gasteiger charge is 2.45. The van der Waals surface area contributed by atoms with Crippen molar-refractivity contribution >= 4 is 0 Å². The lowest BCUT2D eigenvalue weighted by molar-refractivity contribution is -0.0741. The average Bonchev–Trinajstić information content (AvgIpc) is 2.01. The Morgan fingerprint density at radius 3 is 2.25 bits per heavy atom. The summed E-state index contributed by atoms with van der Waals surface area (Å²) in [5, 5.41) is 3.22. The molecule has 1 atom stereocenters. The predicted molar refractivity (Wildman–Crippen MR) is 51.3 cm³/mol. The van der Waals surface area contributed by atoms with Gasteiger partial charge in [0.25, 0.3) is 0 Å². The van der Waals surface area contributed by atoms with Crippen LogP contribution in [0.4, 0.5) is 0 Å². The molecule has 2 nitrogen and oxygen atoms in total. The van der Waals surface area contributed by atoms with Crippen molar-refractivity contribution in [1.29, 1.82) is 0 Å². The largest absolute Gasteiger partial charge is 0.369 e. The maximum atomic E-state index is 5.96. The summed E-state index contributed by atoms with van der Waals surface area (Å²) < 4.78 is 5.96. The molecule has 1 aliphatic rings. The minimum absolute atomic E-state index is 0.0342. The molecule has 0 amide bonds. The quantitative estimate of drug-likeness (QED) is 0.684. The molecular formula is C10H21NO. The summed E-state index contributed by atoms with van der Waals surface area (Å²) in [6.07, 6.45) is 1.15. The van der Waals surface area contributed by atoms with Gasteiger partial charge in [-0.3, -0.25) is 0 Å². The first kappa shape index (κ1) is 10.0. The van der Waals surface area contributed by atoms with Crippen LogP contribution >= 0.6 is 0 Å². The normalized spacial score (nSPS) is 32.2. The molecule has 1 unspecified atom stereocenters. The standard InChI is InChI=1S/C10H21NO/c1-9(2)6-8(7-11-5)10(3,4)12-9/h8,11H,6-7H2,1-5H3. The highest BCUT2D eigenvalue weighted by Crippen LogP contribution is 2.41. The van der Waals surface area contributed by atoms with Gasteiger partial charge in [-0.2, -0.15) is 0 Å². The number of ether oxygens (including phenoxy) is 1. The zero-order chi connectivity index (χ0) is 9.41. The van der Waals surface area contributed by atoms with Gasteiger partial charge in [-0.25, -0.2) is 0 Å². The van der Waals surface area contributed by atoms with Crippen molar-refractivity contribution in [3.63, 3.8) is 0 Å². The van der Waals surface area contributed by atoms with Crippen molar-refractivity contribution in [2.24, 2.45) is 5.92 Å². The van der Waals surface area contributed by atoms with Crippen LogP contribution in [0.1, 0.15) is 34.1 Å². The SMILES string of the molecule is CNCC1CC(C)(C)OC1(C)C. The molecule has 2 heteroatoms. The van der Waals surface area contributed by atoms with Crippen molar-refractivity contribution in [2.45, 2.75) is 45.3 Å². The molecule has 0 bridgehead atoms. The first-order chi connectivity index (χ1) is 5.37. The van der Waals surface area contributed by atoms with E-state index in [0.717, 1.165) is 13.0 Å². The summed E-state index contributed by atoms with van der Waals surface area (Å²) >= 11 is 0. The van der Waals surface area contributed by atoms with Crippen LogP contribution in [0.25, 0.3) is 0 Å². The van der Waals surface area contributed by atoms with Crippen molar-refractivity contribution in [2.75, 3.05) is 13.6 Å². The summed E-state index contributed by atoms with van der Waals surface area (Å²) in [5.74, 6) is 0.637. The van der Waals surface area contributed by atoms with E-state index < -0.39 is 0 Å². The van der Waals surface area contributed by atoms with E-state index in [2.05, 4.69) is 33.0 Å². The van der Waals surface area contributed by atoms with Crippen molar-refractivity contribution < 1.29 is 4.74 Å². The second kappa shape index (κ2) is 3.00. The van der Waals surface area contributed by atoms with Crippen LogP contribution in [-0.4, -0.2) is 24.8 Å². The Hall–Kier alpha value is -0.0800. The Morgan fingerprint density at radius 2 is 1.92 bits per heavy atom. The van der Waals surface area contributed by atoms with Gasteiger partial charge in [0, 0.05) is 12.5 Å². The molecule has 0 spiro atoms. The van der Waals surface area contributed by atoms with E-state index in [1.165, 1.54) is 0 Å². The molecule has 0 aliphatic carbocycles. The third-order valence-corrected chi connectivity index (χ3v) is 2.71.